The van der Waals surface area contributed by atoms with Crippen molar-refractivity contribution in [2.24, 2.45) is 0 Å². The summed E-state index contributed by atoms with van der Waals surface area (Å²) in [4.78, 5) is 41.2. The number of carbonyl (C=O) groups excluding carboxylic acids is 3. The van der Waals surface area contributed by atoms with Gasteiger partial charge in [-0.05, 0) is 57.2 Å². The van der Waals surface area contributed by atoms with E-state index in [1.54, 1.807) is 31.7 Å². The molecule has 0 bridgehead atoms. The molecule has 1 aliphatic rings. The van der Waals surface area contributed by atoms with Crippen LogP contribution in [0.2, 0.25) is 0 Å². The van der Waals surface area contributed by atoms with Crippen LogP contribution >= 0.6 is 0 Å². The highest BCUT2D eigenvalue weighted by atomic mass is 16.6. The SMILES string of the molecule is C=Cc1cccc(C(C(=O)NC2CCCCC2)N(CCCCCCC)C(=O)CNC(=O)OC(C)(C)C)c1. The van der Waals surface area contributed by atoms with Crippen molar-refractivity contribution in [2.45, 2.75) is 110 Å². The molecule has 37 heavy (non-hydrogen) atoms. The van der Waals surface area contributed by atoms with Crippen LogP contribution in [0.5, 0.6) is 0 Å². The van der Waals surface area contributed by atoms with Crippen LogP contribution in [0.15, 0.2) is 30.8 Å². The molecule has 7 nitrogen and oxygen atoms in total. The van der Waals surface area contributed by atoms with Crippen molar-refractivity contribution in [3.8, 4) is 0 Å². The van der Waals surface area contributed by atoms with Gasteiger partial charge in [-0.1, -0.05) is 82.7 Å². The van der Waals surface area contributed by atoms with E-state index in [1.807, 2.05) is 24.3 Å². The average molecular weight is 514 g/mol. The van der Waals surface area contributed by atoms with E-state index in [-0.39, 0.29) is 24.4 Å². The summed E-state index contributed by atoms with van der Waals surface area (Å²) in [6.07, 6.45) is 11.5. The zero-order chi connectivity index (χ0) is 27.3. The highest BCUT2D eigenvalue weighted by molar-refractivity contribution is 5.90. The number of carbonyl (C=O) groups is 3. The topological polar surface area (TPSA) is 87.7 Å². The van der Waals surface area contributed by atoms with E-state index < -0.39 is 17.7 Å². The lowest BCUT2D eigenvalue weighted by atomic mass is 9.94. The standard InChI is InChI=1S/C30H47N3O4/c1-6-8-9-10-14-20-33(26(34)22-31-29(36)37-30(3,4)5)27(24-17-15-16-23(7-2)21-24)28(35)32-25-18-12-11-13-19-25/h7,15-17,21,25,27H,2,6,8-14,18-20,22H2,1,3-5H3,(H,31,36)(H,32,35). The number of amides is 3. The molecule has 0 aliphatic heterocycles. The van der Waals surface area contributed by atoms with Crippen LogP contribution < -0.4 is 10.6 Å². The normalized spacial score (nSPS) is 14.9. The molecular formula is C30H47N3O4. The summed E-state index contributed by atoms with van der Waals surface area (Å²) in [7, 11) is 0. The highest BCUT2D eigenvalue weighted by Crippen LogP contribution is 2.26. The summed E-state index contributed by atoms with van der Waals surface area (Å²) in [6, 6.07) is 6.94. The first-order valence-corrected chi connectivity index (χ1v) is 13.9. The molecule has 0 radical (unpaired) electrons. The van der Waals surface area contributed by atoms with Gasteiger partial charge in [0, 0.05) is 12.6 Å². The van der Waals surface area contributed by atoms with E-state index in [0.29, 0.717) is 6.54 Å². The van der Waals surface area contributed by atoms with Gasteiger partial charge >= 0.3 is 6.09 Å². The Hall–Kier alpha value is -2.83. The van der Waals surface area contributed by atoms with E-state index in [0.717, 1.165) is 68.9 Å². The van der Waals surface area contributed by atoms with Crippen LogP contribution in [-0.4, -0.2) is 47.5 Å². The van der Waals surface area contributed by atoms with Gasteiger partial charge in [-0.3, -0.25) is 9.59 Å². The predicted molar refractivity (Wildman–Crippen MR) is 149 cm³/mol. The maximum absolute atomic E-state index is 13.8. The molecule has 0 saturated heterocycles. The zero-order valence-corrected chi connectivity index (χ0v) is 23.3. The maximum atomic E-state index is 13.8. The quantitative estimate of drug-likeness (QED) is 0.310. The molecule has 7 heteroatoms. The summed E-state index contributed by atoms with van der Waals surface area (Å²) >= 11 is 0. The molecule has 1 fully saturated rings. The zero-order valence-electron chi connectivity index (χ0n) is 23.3. The molecule has 1 aliphatic carbocycles. The van der Waals surface area contributed by atoms with Crippen molar-refractivity contribution in [1.82, 2.24) is 15.5 Å². The van der Waals surface area contributed by atoms with Crippen LogP contribution in [-0.2, 0) is 14.3 Å². The van der Waals surface area contributed by atoms with Crippen LogP contribution in [0, 0.1) is 0 Å². The van der Waals surface area contributed by atoms with Gasteiger partial charge in [0.25, 0.3) is 0 Å². The third-order valence-corrected chi connectivity index (χ3v) is 6.58. The second-order valence-electron chi connectivity index (χ2n) is 11.0. The maximum Gasteiger partial charge on any atom is 0.408 e. The largest absolute Gasteiger partial charge is 0.444 e. The number of nitrogens with one attached hydrogen (secondary N) is 2. The van der Waals surface area contributed by atoms with Crippen molar-refractivity contribution in [3.63, 3.8) is 0 Å². The Morgan fingerprint density at radius 3 is 2.46 bits per heavy atom. The average Bonchev–Trinajstić information content (AvgIpc) is 2.86. The van der Waals surface area contributed by atoms with Gasteiger partial charge in [0.2, 0.25) is 11.8 Å². The first kappa shape index (κ1) is 30.4. The number of nitrogens with zero attached hydrogens (tertiary/aromatic N) is 1. The van der Waals surface area contributed by atoms with E-state index in [1.165, 1.54) is 6.42 Å². The second-order valence-corrected chi connectivity index (χ2v) is 11.0. The van der Waals surface area contributed by atoms with Gasteiger partial charge in [0.15, 0.2) is 0 Å². The Morgan fingerprint density at radius 2 is 1.81 bits per heavy atom. The number of alkyl carbamates (subject to hydrolysis) is 1. The first-order chi connectivity index (χ1) is 17.6. The molecule has 0 aromatic heterocycles. The Kier molecular flexibility index (Phi) is 12.7. The molecule has 0 heterocycles. The smallest absolute Gasteiger partial charge is 0.408 e. The van der Waals surface area contributed by atoms with Crippen LogP contribution in [0.1, 0.15) is 109 Å². The number of benzene rings is 1. The van der Waals surface area contributed by atoms with E-state index in [2.05, 4.69) is 24.1 Å². The molecule has 1 atom stereocenters. The lowest BCUT2D eigenvalue weighted by Gasteiger charge is -2.34. The van der Waals surface area contributed by atoms with Crippen LogP contribution in [0.4, 0.5) is 4.79 Å². The van der Waals surface area contributed by atoms with E-state index in [9.17, 15) is 14.4 Å². The minimum Gasteiger partial charge on any atom is -0.444 e. The minimum atomic E-state index is -0.791. The van der Waals surface area contributed by atoms with Gasteiger partial charge < -0.3 is 20.3 Å². The Balaban J connectivity index is 2.30. The van der Waals surface area contributed by atoms with E-state index >= 15 is 0 Å². The molecule has 1 unspecified atom stereocenters. The number of hydrogen-bond donors (Lipinski definition) is 2. The summed E-state index contributed by atoms with van der Waals surface area (Å²) in [5, 5.41) is 5.81. The Bertz CT molecular complexity index is 887. The fraction of sp³-hybridized carbons (Fsp3) is 0.633. The number of ether oxygens (including phenoxy) is 1. The van der Waals surface area contributed by atoms with Gasteiger partial charge in [-0.2, -0.15) is 0 Å². The Morgan fingerprint density at radius 1 is 1.11 bits per heavy atom. The fourth-order valence-corrected chi connectivity index (χ4v) is 4.70. The molecule has 0 spiro atoms. The number of hydrogen-bond acceptors (Lipinski definition) is 4. The molecule has 206 valence electrons. The lowest BCUT2D eigenvalue weighted by molar-refractivity contribution is -0.140. The van der Waals surface area contributed by atoms with Gasteiger partial charge in [0.1, 0.15) is 18.2 Å². The fourth-order valence-electron chi connectivity index (χ4n) is 4.70. The number of rotatable bonds is 13. The van der Waals surface area contributed by atoms with Gasteiger partial charge in [-0.25, -0.2) is 4.79 Å². The molecule has 1 saturated carbocycles. The third kappa shape index (κ3) is 11.0. The van der Waals surface area contributed by atoms with Crippen molar-refractivity contribution in [1.29, 1.82) is 0 Å². The molecule has 1 aromatic carbocycles. The van der Waals surface area contributed by atoms with Crippen LogP contribution in [0.25, 0.3) is 6.08 Å². The van der Waals surface area contributed by atoms with Gasteiger partial charge in [0.05, 0.1) is 0 Å². The monoisotopic (exact) mass is 513 g/mol. The summed E-state index contributed by atoms with van der Waals surface area (Å²) in [5.74, 6) is -0.485. The van der Waals surface area contributed by atoms with Gasteiger partial charge in [-0.15, -0.1) is 0 Å². The van der Waals surface area contributed by atoms with Crippen molar-refractivity contribution >= 4 is 24.0 Å². The van der Waals surface area contributed by atoms with Crippen molar-refractivity contribution < 1.29 is 19.1 Å². The molecule has 2 rings (SSSR count). The Labute approximate surface area is 223 Å². The summed E-state index contributed by atoms with van der Waals surface area (Å²) in [5.41, 5.74) is 0.958. The minimum absolute atomic E-state index is 0.118. The molecule has 3 amide bonds. The second kappa shape index (κ2) is 15.4. The molecule has 2 N–H and O–H groups in total. The number of unbranched alkanes of at least 4 members (excludes halogenated alkanes) is 4. The lowest BCUT2D eigenvalue weighted by Crippen LogP contribution is -2.50. The summed E-state index contributed by atoms with van der Waals surface area (Å²) in [6.45, 7) is 11.5. The summed E-state index contributed by atoms with van der Waals surface area (Å²) < 4.78 is 5.31. The molecular weight excluding hydrogens is 466 g/mol. The first-order valence-electron chi connectivity index (χ1n) is 13.9. The highest BCUT2D eigenvalue weighted by Gasteiger charge is 2.33. The third-order valence-electron chi connectivity index (χ3n) is 6.58. The van der Waals surface area contributed by atoms with Crippen LogP contribution in [0.3, 0.4) is 0 Å². The van der Waals surface area contributed by atoms with Crippen molar-refractivity contribution in [2.75, 3.05) is 13.1 Å². The van der Waals surface area contributed by atoms with Crippen molar-refractivity contribution in [3.05, 3.63) is 42.0 Å². The predicted octanol–water partition coefficient (Wildman–Crippen LogP) is 6.14. The molecule has 1 aromatic rings. The van der Waals surface area contributed by atoms with E-state index in [4.69, 9.17) is 4.74 Å².